The number of carbonyl (C=O) groups is 1. The molecule has 4 heteroatoms. The zero-order valence-corrected chi connectivity index (χ0v) is 14.0. The van der Waals surface area contributed by atoms with Gasteiger partial charge in [-0.1, -0.05) is 48.5 Å². The van der Waals surface area contributed by atoms with Crippen LogP contribution in [0.25, 0.3) is 22.0 Å². The van der Waals surface area contributed by atoms with Gasteiger partial charge in [-0.2, -0.15) is 4.90 Å². The molecule has 1 aromatic heterocycles. The number of rotatable bonds is 2. The van der Waals surface area contributed by atoms with E-state index >= 15 is 0 Å². The van der Waals surface area contributed by atoms with Crippen LogP contribution in [0.1, 0.15) is 25.7 Å². The van der Waals surface area contributed by atoms with E-state index in [4.69, 9.17) is 0 Å². The van der Waals surface area contributed by atoms with Crippen molar-refractivity contribution < 1.29 is 9.52 Å². The van der Waals surface area contributed by atoms with Crippen molar-refractivity contribution in [3.63, 3.8) is 0 Å². The molecule has 2 aromatic carbocycles. The molecule has 2 heterocycles. The monoisotopic (exact) mass is 332 g/mol. The molecular weight excluding hydrogens is 312 g/mol. The number of para-hydroxylation sites is 1. The fourth-order valence-corrected chi connectivity index (χ4v) is 3.54. The van der Waals surface area contributed by atoms with Crippen LogP contribution in [0.3, 0.4) is 0 Å². The number of hydrogen-bond acceptors (Lipinski definition) is 2. The lowest BCUT2D eigenvalue weighted by Crippen LogP contribution is -2.42. The van der Waals surface area contributed by atoms with E-state index in [2.05, 4.69) is 0 Å². The maximum atomic E-state index is 13.0. The molecule has 0 spiro atoms. The second-order valence-electron chi connectivity index (χ2n) is 6.45. The first-order valence-corrected chi connectivity index (χ1v) is 8.77. The van der Waals surface area contributed by atoms with E-state index in [0.29, 0.717) is 24.3 Å². The van der Waals surface area contributed by atoms with Gasteiger partial charge in [-0.25, -0.2) is 9.52 Å². The molecule has 25 heavy (non-hydrogen) atoms. The lowest BCUT2D eigenvalue weighted by molar-refractivity contribution is -0.563. The lowest BCUT2D eigenvalue weighted by Gasteiger charge is -2.21. The number of anilines is 1. The van der Waals surface area contributed by atoms with Crippen LogP contribution in [0.5, 0.6) is 0 Å². The number of nitrogens with zero attached hydrogens (tertiary/aromatic N) is 2. The molecule has 1 aliphatic rings. The number of benzene rings is 2. The SMILES string of the molecule is O=C1CCCCCN1c1cc(-c2ccccc2)c2ccccc2[n+]1[O-]. The summed E-state index contributed by atoms with van der Waals surface area (Å²) in [5, 5.41) is 13.9. The smallest absolute Gasteiger partial charge is 0.309 e. The Kier molecular flexibility index (Phi) is 4.10. The highest BCUT2D eigenvalue weighted by Crippen LogP contribution is 2.31. The number of aromatic nitrogens is 1. The maximum Gasteiger partial charge on any atom is 0.309 e. The van der Waals surface area contributed by atoms with Gasteiger partial charge in [0.05, 0.1) is 6.54 Å². The van der Waals surface area contributed by atoms with Gasteiger partial charge >= 0.3 is 5.91 Å². The maximum absolute atomic E-state index is 13.0. The molecule has 0 atom stereocenters. The third kappa shape index (κ3) is 2.84. The van der Waals surface area contributed by atoms with E-state index < -0.39 is 0 Å². The van der Waals surface area contributed by atoms with E-state index in [9.17, 15) is 10.0 Å². The Balaban J connectivity index is 1.96. The molecule has 3 aromatic rings. The fraction of sp³-hybridized carbons (Fsp3) is 0.238. The number of carbonyl (C=O) groups excluding carboxylic acids is 1. The van der Waals surface area contributed by atoms with Gasteiger partial charge in [0.1, 0.15) is 5.52 Å². The highest BCUT2D eigenvalue weighted by molar-refractivity contribution is 5.97. The van der Waals surface area contributed by atoms with Crippen LogP contribution in [-0.4, -0.2) is 12.5 Å². The van der Waals surface area contributed by atoms with Gasteiger partial charge in [0.25, 0.3) is 5.82 Å². The summed E-state index contributed by atoms with van der Waals surface area (Å²) in [5.74, 6) is 0.473. The molecule has 0 N–H and O–H groups in total. The van der Waals surface area contributed by atoms with Gasteiger partial charge in [-0.15, -0.1) is 0 Å². The number of amides is 1. The summed E-state index contributed by atoms with van der Waals surface area (Å²) >= 11 is 0. The van der Waals surface area contributed by atoms with Crippen LogP contribution in [0, 0.1) is 5.21 Å². The van der Waals surface area contributed by atoms with Crippen LogP contribution >= 0.6 is 0 Å². The molecule has 0 aliphatic carbocycles. The van der Waals surface area contributed by atoms with E-state index in [1.165, 1.54) is 0 Å². The minimum atomic E-state index is 0.0383. The van der Waals surface area contributed by atoms with Crippen LogP contribution in [-0.2, 0) is 4.79 Å². The van der Waals surface area contributed by atoms with Crippen molar-refractivity contribution in [2.24, 2.45) is 0 Å². The normalized spacial score (nSPS) is 15.4. The van der Waals surface area contributed by atoms with E-state index in [0.717, 1.165) is 40.5 Å². The highest BCUT2D eigenvalue weighted by atomic mass is 16.5. The first-order chi connectivity index (χ1) is 12.3. The minimum Gasteiger partial charge on any atom is -0.710 e. The van der Waals surface area contributed by atoms with Crippen molar-refractivity contribution in [2.75, 3.05) is 11.4 Å². The summed E-state index contributed by atoms with van der Waals surface area (Å²) in [5.41, 5.74) is 2.62. The van der Waals surface area contributed by atoms with Crippen LogP contribution in [0.2, 0.25) is 0 Å². The quantitative estimate of drug-likeness (QED) is 0.525. The highest BCUT2D eigenvalue weighted by Gasteiger charge is 2.28. The predicted molar refractivity (Wildman–Crippen MR) is 99.2 cm³/mol. The number of fused-ring (bicyclic) bond motifs is 1. The van der Waals surface area contributed by atoms with Crippen molar-refractivity contribution in [1.82, 2.24) is 0 Å². The second kappa shape index (κ2) is 6.55. The molecule has 0 unspecified atom stereocenters. The lowest BCUT2D eigenvalue weighted by atomic mass is 10.0. The average Bonchev–Trinajstić information content (AvgIpc) is 2.87. The molecular formula is C21H20N2O2. The molecule has 0 saturated carbocycles. The van der Waals surface area contributed by atoms with Crippen molar-refractivity contribution in [1.29, 1.82) is 0 Å². The van der Waals surface area contributed by atoms with E-state index in [-0.39, 0.29) is 5.91 Å². The van der Waals surface area contributed by atoms with Crippen LogP contribution in [0.4, 0.5) is 5.82 Å². The summed E-state index contributed by atoms with van der Waals surface area (Å²) < 4.78 is 0.908. The van der Waals surface area contributed by atoms with E-state index in [1.54, 1.807) is 4.90 Å². The van der Waals surface area contributed by atoms with Crippen LogP contribution < -0.4 is 9.63 Å². The molecule has 4 nitrogen and oxygen atoms in total. The standard InChI is InChI=1S/C21H20N2O2/c24-21-13-5-2-8-14-22(21)20-15-18(16-9-3-1-4-10-16)17-11-6-7-12-19(17)23(20)25/h1,3-4,6-7,9-12,15H,2,5,8,13-14H2. The molecule has 1 fully saturated rings. The molecule has 1 amide bonds. The Morgan fingerprint density at radius 1 is 0.920 bits per heavy atom. The van der Waals surface area contributed by atoms with Gasteiger partial charge in [0.15, 0.2) is 0 Å². The van der Waals surface area contributed by atoms with Gasteiger partial charge < -0.3 is 5.21 Å². The summed E-state index contributed by atoms with van der Waals surface area (Å²) in [7, 11) is 0. The van der Waals surface area contributed by atoms with Gasteiger partial charge in [-0.05, 0) is 30.9 Å². The van der Waals surface area contributed by atoms with Crippen molar-refractivity contribution in [2.45, 2.75) is 25.7 Å². The molecule has 0 radical (unpaired) electrons. The van der Waals surface area contributed by atoms with Crippen molar-refractivity contribution in [3.05, 3.63) is 65.9 Å². The molecule has 0 bridgehead atoms. The third-order valence-corrected chi connectivity index (χ3v) is 4.83. The second-order valence-corrected chi connectivity index (χ2v) is 6.45. The largest absolute Gasteiger partial charge is 0.710 e. The first-order valence-electron chi connectivity index (χ1n) is 8.77. The van der Waals surface area contributed by atoms with Gasteiger partial charge in [-0.3, -0.25) is 0 Å². The zero-order chi connectivity index (χ0) is 17.2. The third-order valence-electron chi connectivity index (χ3n) is 4.83. The predicted octanol–water partition coefficient (Wildman–Crippen LogP) is 4.05. The van der Waals surface area contributed by atoms with Crippen molar-refractivity contribution in [3.8, 4) is 11.1 Å². The van der Waals surface area contributed by atoms with Crippen molar-refractivity contribution >= 4 is 22.6 Å². The molecule has 1 aliphatic heterocycles. The molecule has 4 rings (SSSR count). The summed E-state index contributed by atoms with van der Waals surface area (Å²) in [4.78, 5) is 14.2. The van der Waals surface area contributed by atoms with E-state index in [1.807, 2.05) is 60.7 Å². The number of hydrogen-bond donors (Lipinski definition) is 0. The Hall–Kier alpha value is -2.88. The molecule has 126 valence electrons. The Morgan fingerprint density at radius 2 is 1.68 bits per heavy atom. The first kappa shape index (κ1) is 15.6. The summed E-state index contributed by atoms with van der Waals surface area (Å²) in [6, 6.07) is 19.5. The number of pyridine rings is 1. The summed E-state index contributed by atoms with van der Waals surface area (Å²) in [6.45, 7) is 0.605. The topological polar surface area (TPSA) is 47.2 Å². The Labute approximate surface area is 146 Å². The van der Waals surface area contributed by atoms with Crippen LogP contribution in [0.15, 0.2) is 60.7 Å². The Bertz CT molecular complexity index is 922. The Morgan fingerprint density at radius 3 is 2.52 bits per heavy atom. The fourth-order valence-electron chi connectivity index (χ4n) is 3.54. The van der Waals surface area contributed by atoms with Gasteiger partial charge in [0, 0.05) is 23.4 Å². The minimum absolute atomic E-state index is 0.0383. The summed E-state index contributed by atoms with van der Waals surface area (Å²) in [6.07, 6.45) is 3.36. The van der Waals surface area contributed by atoms with Gasteiger partial charge in [0.2, 0.25) is 0 Å². The average molecular weight is 332 g/mol. The molecule has 1 saturated heterocycles. The zero-order valence-electron chi connectivity index (χ0n) is 14.0.